The minimum absolute atomic E-state index is 0.109. The molecule has 1 aromatic rings. The number of hydrogen-bond acceptors (Lipinski definition) is 6. The molecule has 1 aliphatic heterocycles. The van der Waals surface area contributed by atoms with Crippen LogP contribution in [0.3, 0.4) is 0 Å². The first-order valence-corrected chi connectivity index (χ1v) is 11.0. The Kier molecular flexibility index (Phi) is 8.39. The number of halogens is 2. The Balaban J connectivity index is 2.21. The summed E-state index contributed by atoms with van der Waals surface area (Å²) in [7, 11) is 0. The predicted octanol–water partition coefficient (Wildman–Crippen LogP) is 4.14. The van der Waals surface area contributed by atoms with Crippen molar-refractivity contribution in [3.8, 4) is 0 Å². The minimum Gasteiger partial charge on any atom is -0.444 e. The van der Waals surface area contributed by atoms with Gasteiger partial charge in [0, 0.05) is 12.6 Å². The molecule has 34 heavy (non-hydrogen) atoms. The molecule has 0 aliphatic carbocycles. The van der Waals surface area contributed by atoms with E-state index < -0.39 is 65.1 Å². The third-order valence-corrected chi connectivity index (χ3v) is 4.88. The fourth-order valence-electron chi connectivity index (χ4n) is 3.79. The van der Waals surface area contributed by atoms with E-state index in [4.69, 9.17) is 9.47 Å². The quantitative estimate of drug-likeness (QED) is 0.633. The molecule has 1 N–H and O–H groups in total. The number of ether oxygens (including phenoxy) is 2. The number of nitrogens with one attached hydrogen (secondary N) is 1. The first kappa shape index (κ1) is 27.2. The standard InChI is InChI=1S/C24H32F2N2O6/c1-23(2,3)33-21(31)27-19(30)13-18(29)20-15(9-14-10-16(25)12-17(26)11-14)7-8-28(20)22(32)34-24(4,5)6/h10-12,15,20H,7-9,13H2,1-6H3,(H,27,30,31)/t15-,20?/m1/s1. The van der Waals surface area contributed by atoms with Crippen LogP contribution in [0, 0.1) is 17.6 Å². The molecule has 1 heterocycles. The average Bonchev–Trinajstić information content (AvgIpc) is 3.01. The van der Waals surface area contributed by atoms with Gasteiger partial charge in [0.2, 0.25) is 5.91 Å². The Bertz CT molecular complexity index is 932. The Morgan fingerprint density at radius 3 is 2.06 bits per heavy atom. The van der Waals surface area contributed by atoms with Crippen LogP contribution in [0.5, 0.6) is 0 Å². The van der Waals surface area contributed by atoms with Crippen LogP contribution in [0.4, 0.5) is 18.4 Å². The number of likely N-dealkylation sites (tertiary alicyclic amines) is 1. The molecule has 2 atom stereocenters. The summed E-state index contributed by atoms with van der Waals surface area (Å²) in [5.41, 5.74) is -1.33. The molecule has 3 amide bonds. The highest BCUT2D eigenvalue weighted by molar-refractivity contribution is 6.05. The van der Waals surface area contributed by atoms with Gasteiger partial charge in [-0.2, -0.15) is 0 Å². The van der Waals surface area contributed by atoms with Gasteiger partial charge >= 0.3 is 12.2 Å². The van der Waals surface area contributed by atoms with E-state index in [1.54, 1.807) is 41.5 Å². The Labute approximate surface area is 198 Å². The van der Waals surface area contributed by atoms with E-state index in [-0.39, 0.29) is 13.0 Å². The molecule has 1 unspecified atom stereocenters. The molecule has 1 saturated heterocycles. The maximum atomic E-state index is 13.7. The summed E-state index contributed by atoms with van der Waals surface area (Å²) in [6, 6.07) is 2.01. The maximum absolute atomic E-state index is 13.7. The van der Waals surface area contributed by atoms with Crippen molar-refractivity contribution in [3.05, 3.63) is 35.4 Å². The van der Waals surface area contributed by atoms with E-state index in [2.05, 4.69) is 0 Å². The topological polar surface area (TPSA) is 102 Å². The summed E-state index contributed by atoms with van der Waals surface area (Å²) in [6.07, 6.45) is -1.93. The molecule has 2 rings (SSSR count). The number of Topliss-reactive ketones (excluding diaryl/α,β-unsaturated/α-hetero) is 1. The molecule has 0 spiro atoms. The van der Waals surface area contributed by atoms with Crippen LogP contribution in [0.1, 0.15) is 59.9 Å². The third-order valence-electron chi connectivity index (χ3n) is 4.88. The van der Waals surface area contributed by atoms with Crippen molar-refractivity contribution in [1.82, 2.24) is 10.2 Å². The molecule has 8 nitrogen and oxygen atoms in total. The maximum Gasteiger partial charge on any atom is 0.414 e. The summed E-state index contributed by atoms with van der Waals surface area (Å²) in [5, 5.41) is 2.00. The molecular formula is C24H32F2N2O6. The normalized spacial score (nSPS) is 18.4. The number of benzene rings is 1. The van der Waals surface area contributed by atoms with Crippen LogP contribution in [0.2, 0.25) is 0 Å². The molecule has 188 valence electrons. The van der Waals surface area contributed by atoms with Crippen LogP contribution >= 0.6 is 0 Å². The SMILES string of the molecule is CC(C)(C)OC(=O)NC(=O)CC(=O)C1[C@@H](Cc2cc(F)cc(F)c2)CCN1C(=O)OC(C)(C)C. The Hall–Kier alpha value is -3.04. The summed E-state index contributed by atoms with van der Waals surface area (Å²) >= 11 is 0. The first-order chi connectivity index (χ1) is 15.5. The summed E-state index contributed by atoms with van der Waals surface area (Å²) in [6.45, 7) is 10.1. The van der Waals surface area contributed by atoms with Crippen molar-refractivity contribution in [2.45, 2.75) is 78.0 Å². The average molecular weight is 483 g/mol. The van der Waals surface area contributed by atoms with E-state index in [9.17, 15) is 28.0 Å². The highest BCUT2D eigenvalue weighted by Crippen LogP contribution is 2.31. The number of carbonyl (C=O) groups excluding carboxylic acids is 4. The van der Waals surface area contributed by atoms with Gasteiger partial charge in [-0.15, -0.1) is 0 Å². The number of nitrogens with zero attached hydrogens (tertiary/aromatic N) is 1. The van der Waals surface area contributed by atoms with Gasteiger partial charge in [-0.05, 0) is 78.0 Å². The van der Waals surface area contributed by atoms with Gasteiger partial charge in [-0.25, -0.2) is 18.4 Å². The molecule has 1 aromatic carbocycles. The predicted molar refractivity (Wildman–Crippen MR) is 119 cm³/mol. The van der Waals surface area contributed by atoms with Crippen LogP contribution in [-0.2, 0) is 25.5 Å². The second-order valence-corrected chi connectivity index (χ2v) is 10.3. The second-order valence-electron chi connectivity index (χ2n) is 10.3. The summed E-state index contributed by atoms with van der Waals surface area (Å²) in [5.74, 6) is -3.51. The van der Waals surface area contributed by atoms with Gasteiger partial charge in [0.25, 0.3) is 0 Å². The van der Waals surface area contributed by atoms with Gasteiger partial charge in [0.1, 0.15) is 22.8 Å². The van der Waals surface area contributed by atoms with E-state index in [0.717, 1.165) is 18.2 Å². The fourth-order valence-corrected chi connectivity index (χ4v) is 3.79. The number of ketones is 1. The molecule has 1 aliphatic rings. The number of alkyl carbamates (subject to hydrolysis) is 1. The van der Waals surface area contributed by atoms with Crippen molar-refractivity contribution >= 4 is 23.9 Å². The van der Waals surface area contributed by atoms with Crippen LogP contribution in [-0.4, -0.2) is 52.6 Å². The molecular weight excluding hydrogens is 450 g/mol. The smallest absolute Gasteiger partial charge is 0.414 e. The van der Waals surface area contributed by atoms with Crippen molar-refractivity contribution in [1.29, 1.82) is 0 Å². The highest BCUT2D eigenvalue weighted by atomic mass is 19.1. The lowest BCUT2D eigenvalue weighted by atomic mass is 9.89. The van der Waals surface area contributed by atoms with Gasteiger partial charge in [0.05, 0.1) is 12.5 Å². The zero-order valence-corrected chi connectivity index (χ0v) is 20.4. The zero-order chi connectivity index (χ0) is 25.8. The third kappa shape index (κ3) is 8.39. The van der Waals surface area contributed by atoms with Crippen LogP contribution in [0.15, 0.2) is 18.2 Å². The molecule has 0 bridgehead atoms. The van der Waals surface area contributed by atoms with E-state index >= 15 is 0 Å². The van der Waals surface area contributed by atoms with Gasteiger partial charge in [0.15, 0.2) is 5.78 Å². The highest BCUT2D eigenvalue weighted by Gasteiger charge is 2.43. The van der Waals surface area contributed by atoms with Gasteiger partial charge < -0.3 is 9.47 Å². The zero-order valence-electron chi connectivity index (χ0n) is 20.4. The van der Waals surface area contributed by atoms with E-state index in [1.807, 2.05) is 5.32 Å². The number of rotatable bonds is 5. The molecule has 0 radical (unpaired) electrons. The summed E-state index contributed by atoms with van der Waals surface area (Å²) < 4.78 is 37.8. The number of carbonyl (C=O) groups is 4. The van der Waals surface area contributed by atoms with Crippen molar-refractivity contribution < 1.29 is 37.4 Å². The van der Waals surface area contributed by atoms with Crippen LogP contribution < -0.4 is 5.32 Å². The lowest BCUT2D eigenvalue weighted by Crippen LogP contribution is -2.47. The minimum atomic E-state index is -1.06. The Morgan fingerprint density at radius 2 is 1.53 bits per heavy atom. The molecule has 1 fully saturated rings. The van der Waals surface area contributed by atoms with Crippen LogP contribution in [0.25, 0.3) is 0 Å². The first-order valence-electron chi connectivity index (χ1n) is 11.0. The number of hydrogen-bond donors (Lipinski definition) is 1. The summed E-state index contributed by atoms with van der Waals surface area (Å²) in [4.78, 5) is 51.3. The second kappa shape index (κ2) is 10.5. The van der Waals surface area contributed by atoms with Crippen molar-refractivity contribution in [2.24, 2.45) is 5.92 Å². The lowest BCUT2D eigenvalue weighted by molar-refractivity contribution is -0.131. The molecule has 0 saturated carbocycles. The monoisotopic (exact) mass is 482 g/mol. The number of imide groups is 1. The van der Waals surface area contributed by atoms with E-state index in [1.165, 1.54) is 4.90 Å². The molecule has 0 aromatic heterocycles. The Morgan fingerprint density at radius 1 is 0.971 bits per heavy atom. The lowest BCUT2D eigenvalue weighted by Gasteiger charge is -2.30. The fraction of sp³-hybridized carbons (Fsp3) is 0.583. The van der Waals surface area contributed by atoms with Gasteiger partial charge in [-0.1, -0.05) is 0 Å². The molecule has 10 heteroatoms. The van der Waals surface area contributed by atoms with Crippen molar-refractivity contribution in [3.63, 3.8) is 0 Å². The van der Waals surface area contributed by atoms with Gasteiger partial charge in [-0.3, -0.25) is 19.8 Å². The van der Waals surface area contributed by atoms with E-state index in [0.29, 0.717) is 12.0 Å². The largest absolute Gasteiger partial charge is 0.444 e. The number of amides is 3. The van der Waals surface area contributed by atoms with Crippen molar-refractivity contribution in [2.75, 3.05) is 6.54 Å².